The number of ether oxygens (including phenoxy) is 2. The summed E-state index contributed by atoms with van der Waals surface area (Å²) >= 11 is 0. The van der Waals surface area contributed by atoms with Crippen LogP contribution in [0.2, 0.25) is 0 Å². The van der Waals surface area contributed by atoms with Gasteiger partial charge in [-0.25, -0.2) is 8.42 Å². The average Bonchev–Trinajstić information content (AvgIpc) is 2.78. The van der Waals surface area contributed by atoms with Gasteiger partial charge in [0.25, 0.3) is 5.91 Å². The van der Waals surface area contributed by atoms with Crippen molar-refractivity contribution in [2.24, 2.45) is 0 Å². The van der Waals surface area contributed by atoms with Crippen molar-refractivity contribution in [2.75, 3.05) is 38.2 Å². The first-order chi connectivity index (χ1) is 14.4. The molecule has 0 aromatic heterocycles. The fraction of sp³-hybridized carbons (Fsp3) is 0.409. The summed E-state index contributed by atoms with van der Waals surface area (Å²) in [6.07, 6.45) is 1.06. The zero-order valence-corrected chi connectivity index (χ0v) is 18.2. The van der Waals surface area contributed by atoms with Crippen LogP contribution in [0.1, 0.15) is 31.7 Å². The zero-order chi connectivity index (χ0) is 21.6. The van der Waals surface area contributed by atoms with Crippen LogP contribution in [-0.4, -0.2) is 51.5 Å². The molecule has 1 aliphatic rings. The lowest BCUT2D eigenvalue weighted by Gasteiger charge is -2.26. The first-order valence-electron chi connectivity index (χ1n) is 10.1. The Morgan fingerprint density at radius 1 is 1.10 bits per heavy atom. The predicted octanol–water partition coefficient (Wildman–Crippen LogP) is 3.24. The molecule has 1 N–H and O–H groups in total. The summed E-state index contributed by atoms with van der Waals surface area (Å²) in [6, 6.07) is 13.9. The van der Waals surface area contributed by atoms with E-state index in [1.165, 1.54) is 22.0 Å². The number of nitrogens with zero attached hydrogens (tertiary/aromatic N) is 1. The third-order valence-corrected chi connectivity index (χ3v) is 7.09. The Labute approximate surface area is 178 Å². The SMILES string of the molecule is CC[C@H](C)c1ccc(OCC(=O)Nc2ccc(S(=O)(=O)N3CCOCC3)cc2)cc1. The molecule has 0 radical (unpaired) electrons. The summed E-state index contributed by atoms with van der Waals surface area (Å²) in [5.74, 6) is 0.798. The summed E-state index contributed by atoms with van der Waals surface area (Å²) < 4.78 is 37.4. The van der Waals surface area contributed by atoms with E-state index in [2.05, 4.69) is 19.2 Å². The third-order valence-electron chi connectivity index (χ3n) is 5.18. The van der Waals surface area contributed by atoms with E-state index in [4.69, 9.17) is 9.47 Å². The van der Waals surface area contributed by atoms with Crippen molar-refractivity contribution in [1.29, 1.82) is 0 Å². The molecule has 1 aliphatic heterocycles. The molecule has 8 heteroatoms. The van der Waals surface area contributed by atoms with Crippen LogP contribution in [0.5, 0.6) is 5.75 Å². The van der Waals surface area contributed by atoms with Gasteiger partial charge in [-0.2, -0.15) is 4.31 Å². The van der Waals surface area contributed by atoms with Crippen molar-refractivity contribution in [3.8, 4) is 5.75 Å². The second-order valence-corrected chi connectivity index (χ2v) is 9.19. The van der Waals surface area contributed by atoms with Crippen LogP contribution in [0.3, 0.4) is 0 Å². The number of carbonyl (C=O) groups excluding carboxylic acids is 1. The topological polar surface area (TPSA) is 84.9 Å². The second-order valence-electron chi connectivity index (χ2n) is 7.26. The number of hydrogen-bond donors (Lipinski definition) is 1. The molecule has 1 heterocycles. The molecular weight excluding hydrogens is 404 g/mol. The Bertz CT molecular complexity index is 936. The van der Waals surface area contributed by atoms with Gasteiger partial charge in [0, 0.05) is 18.8 Å². The minimum atomic E-state index is -3.55. The number of rotatable bonds is 8. The van der Waals surface area contributed by atoms with E-state index in [-0.39, 0.29) is 17.4 Å². The van der Waals surface area contributed by atoms with E-state index in [1.807, 2.05) is 24.3 Å². The maximum absolute atomic E-state index is 12.6. The van der Waals surface area contributed by atoms with Crippen molar-refractivity contribution in [2.45, 2.75) is 31.1 Å². The Hall–Kier alpha value is -2.42. The van der Waals surface area contributed by atoms with Gasteiger partial charge in [-0.05, 0) is 54.3 Å². The molecular formula is C22H28N2O5S. The number of morpholine rings is 1. The van der Waals surface area contributed by atoms with Crippen LogP contribution in [0.4, 0.5) is 5.69 Å². The van der Waals surface area contributed by atoms with E-state index in [1.54, 1.807) is 12.1 Å². The number of sulfonamides is 1. The van der Waals surface area contributed by atoms with Gasteiger partial charge < -0.3 is 14.8 Å². The first kappa shape index (κ1) is 22.3. The largest absolute Gasteiger partial charge is 0.484 e. The maximum Gasteiger partial charge on any atom is 0.262 e. The Morgan fingerprint density at radius 3 is 2.33 bits per heavy atom. The number of anilines is 1. The molecule has 1 atom stereocenters. The number of benzene rings is 2. The molecule has 1 saturated heterocycles. The molecule has 162 valence electrons. The van der Waals surface area contributed by atoms with E-state index in [9.17, 15) is 13.2 Å². The molecule has 0 unspecified atom stereocenters. The molecule has 0 aliphatic carbocycles. The van der Waals surface area contributed by atoms with Crippen molar-refractivity contribution in [3.05, 3.63) is 54.1 Å². The van der Waals surface area contributed by atoms with E-state index >= 15 is 0 Å². The Kier molecular flexibility index (Phi) is 7.47. The number of nitrogens with one attached hydrogen (secondary N) is 1. The highest BCUT2D eigenvalue weighted by Crippen LogP contribution is 2.22. The summed E-state index contributed by atoms with van der Waals surface area (Å²) in [5, 5.41) is 2.72. The Morgan fingerprint density at radius 2 is 1.73 bits per heavy atom. The average molecular weight is 433 g/mol. The highest BCUT2D eigenvalue weighted by atomic mass is 32.2. The molecule has 1 fully saturated rings. The van der Waals surface area contributed by atoms with Gasteiger partial charge in [-0.1, -0.05) is 26.0 Å². The minimum absolute atomic E-state index is 0.128. The molecule has 2 aromatic carbocycles. The maximum atomic E-state index is 12.6. The molecule has 30 heavy (non-hydrogen) atoms. The molecule has 1 amide bonds. The van der Waals surface area contributed by atoms with Crippen molar-refractivity contribution in [3.63, 3.8) is 0 Å². The first-order valence-corrected chi connectivity index (χ1v) is 11.5. The van der Waals surface area contributed by atoms with Crippen LogP contribution < -0.4 is 10.1 Å². The summed E-state index contributed by atoms with van der Waals surface area (Å²) in [7, 11) is -3.55. The lowest BCUT2D eigenvalue weighted by molar-refractivity contribution is -0.118. The van der Waals surface area contributed by atoms with Gasteiger partial charge in [0.1, 0.15) is 5.75 Å². The third kappa shape index (κ3) is 5.59. The Balaban J connectivity index is 1.53. The molecule has 0 bridgehead atoms. The van der Waals surface area contributed by atoms with Crippen molar-refractivity contribution >= 4 is 21.6 Å². The van der Waals surface area contributed by atoms with Crippen LogP contribution >= 0.6 is 0 Å². The van der Waals surface area contributed by atoms with Crippen LogP contribution in [0, 0.1) is 0 Å². The normalized spacial score (nSPS) is 16.1. The van der Waals surface area contributed by atoms with Gasteiger partial charge in [-0.3, -0.25) is 4.79 Å². The fourth-order valence-corrected chi connectivity index (χ4v) is 4.53. The van der Waals surface area contributed by atoms with E-state index < -0.39 is 10.0 Å². The lowest BCUT2D eigenvalue weighted by atomic mass is 9.99. The van der Waals surface area contributed by atoms with Gasteiger partial charge in [-0.15, -0.1) is 0 Å². The standard InChI is InChI=1S/C22H28N2O5S/c1-3-17(2)18-4-8-20(9-5-18)29-16-22(25)23-19-6-10-21(11-7-19)30(26,27)24-12-14-28-15-13-24/h4-11,17H,3,12-16H2,1-2H3,(H,23,25)/t17-/m0/s1. The summed E-state index contributed by atoms with van der Waals surface area (Å²) in [6.45, 7) is 5.66. The fourth-order valence-electron chi connectivity index (χ4n) is 3.12. The van der Waals surface area contributed by atoms with Crippen molar-refractivity contribution in [1.82, 2.24) is 4.31 Å². The predicted molar refractivity (Wildman–Crippen MR) is 115 cm³/mol. The summed E-state index contributed by atoms with van der Waals surface area (Å²) in [5.41, 5.74) is 1.75. The second kappa shape index (κ2) is 10.1. The van der Waals surface area contributed by atoms with Gasteiger partial charge >= 0.3 is 0 Å². The smallest absolute Gasteiger partial charge is 0.262 e. The van der Waals surface area contributed by atoms with Crippen LogP contribution in [0.15, 0.2) is 53.4 Å². The molecule has 7 nitrogen and oxygen atoms in total. The number of hydrogen-bond acceptors (Lipinski definition) is 5. The van der Waals surface area contributed by atoms with Gasteiger partial charge in [0.05, 0.1) is 18.1 Å². The van der Waals surface area contributed by atoms with Crippen LogP contribution in [-0.2, 0) is 19.6 Å². The number of amides is 1. The quantitative estimate of drug-likeness (QED) is 0.692. The molecule has 3 rings (SSSR count). The van der Waals surface area contributed by atoms with Gasteiger partial charge in [0.2, 0.25) is 10.0 Å². The van der Waals surface area contributed by atoms with Crippen LogP contribution in [0.25, 0.3) is 0 Å². The van der Waals surface area contributed by atoms with E-state index in [0.717, 1.165) is 6.42 Å². The molecule has 2 aromatic rings. The molecule has 0 saturated carbocycles. The highest BCUT2D eigenvalue weighted by molar-refractivity contribution is 7.89. The highest BCUT2D eigenvalue weighted by Gasteiger charge is 2.26. The zero-order valence-electron chi connectivity index (χ0n) is 17.3. The lowest BCUT2D eigenvalue weighted by Crippen LogP contribution is -2.40. The van der Waals surface area contributed by atoms with E-state index in [0.29, 0.717) is 43.7 Å². The minimum Gasteiger partial charge on any atom is -0.484 e. The van der Waals surface area contributed by atoms with Gasteiger partial charge in [0.15, 0.2) is 6.61 Å². The summed E-state index contributed by atoms with van der Waals surface area (Å²) in [4.78, 5) is 12.4. The number of carbonyl (C=O) groups is 1. The van der Waals surface area contributed by atoms with Crippen molar-refractivity contribution < 1.29 is 22.7 Å². The monoisotopic (exact) mass is 432 g/mol. The molecule has 0 spiro atoms.